The van der Waals surface area contributed by atoms with Gasteiger partial charge >= 0.3 is 0 Å². The van der Waals surface area contributed by atoms with Crippen molar-refractivity contribution in [3.63, 3.8) is 0 Å². The Labute approximate surface area is 230 Å². The topological polar surface area (TPSA) is 0 Å². The average molecular weight is 608 g/mol. The summed E-state index contributed by atoms with van der Waals surface area (Å²) in [5, 5.41) is -0.194. The van der Waals surface area contributed by atoms with Gasteiger partial charge in [0.15, 0.2) is 0 Å². The van der Waals surface area contributed by atoms with E-state index in [1.54, 1.807) is 0 Å². The maximum atomic E-state index is 15.3. The molecule has 0 aliphatic carbocycles. The van der Waals surface area contributed by atoms with Crippen LogP contribution in [0, 0.1) is 52.4 Å². The summed E-state index contributed by atoms with van der Waals surface area (Å²) in [5.41, 5.74) is 0. The van der Waals surface area contributed by atoms with E-state index in [4.69, 9.17) is 0 Å². The van der Waals surface area contributed by atoms with E-state index < -0.39 is 68.2 Å². The molecular weight excluding hydrogens is 593 g/mol. The van der Waals surface area contributed by atoms with Crippen LogP contribution in [0.2, 0.25) is 0 Å². The molecule has 0 unspecified atom stereocenters. The van der Waals surface area contributed by atoms with Gasteiger partial charge in [-0.05, 0) is 114 Å². The molecule has 0 spiro atoms. The fraction of sp³-hybridized carbons (Fsp3) is 0. The Morgan fingerprint density at radius 1 is 0.220 bits per heavy atom. The number of benzene rings is 5. The molecule has 0 fully saturated rings. The molecular formula is C30H15F9P2. The maximum Gasteiger partial charge on any atom is 0.126 e. The monoisotopic (exact) mass is 608 g/mol. The molecule has 0 nitrogen and oxygen atoms in total. The van der Waals surface area contributed by atoms with Crippen molar-refractivity contribution in [2.75, 3.05) is 0 Å². The van der Waals surface area contributed by atoms with Crippen molar-refractivity contribution >= 4 is 47.7 Å². The number of hydrogen-bond acceptors (Lipinski definition) is 0. The summed E-state index contributed by atoms with van der Waals surface area (Å²) >= 11 is 0. The largest absolute Gasteiger partial charge is 0.207 e. The van der Waals surface area contributed by atoms with E-state index in [1.165, 1.54) is 6.07 Å². The third kappa shape index (κ3) is 6.64. The molecule has 208 valence electrons. The normalized spacial score (nSPS) is 11.5. The molecule has 0 aromatic heterocycles. The van der Waals surface area contributed by atoms with Crippen LogP contribution in [0.4, 0.5) is 39.5 Å². The summed E-state index contributed by atoms with van der Waals surface area (Å²) in [5.74, 6) is -8.85. The fourth-order valence-electron chi connectivity index (χ4n) is 4.39. The Morgan fingerprint density at radius 2 is 0.366 bits per heavy atom. The minimum Gasteiger partial charge on any atom is -0.207 e. The van der Waals surface area contributed by atoms with Crippen molar-refractivity contribution in [3.05, 3.63) is 143 Å². The predicted octanol–water partition coefficient (Wildman–Crippen LogP) is 6.45. The molecule has 0 aliphatic rings. The van der Waals surface area contributed by atoms with Crippen LogP contribution < -0.4 is 31.8 Å². The van der Waals surface area contributed by atoms with Gasteiger partial charge in [0.1, 0.15) is 52.4 Å². The second-order valence-electron chi connectivity index (χ2n) is 8.85. The standard InChI is InChI=1S/C30H15F9P2/c31-16-1-17(32)6-25(5-16)40(26-7-18(33)2-19(34)8-26)29-13-24(39)14-30(15-29)41(27-9-20(35)3-21(36)10-27)28-11-22(37)4-23(38)12-28/h1-15H. The lowest BCUT2D eigenvalue weighted by Crippen LogP contribution is -2.28. The van der Waals surface area contributed by atoms with Crippen molar-refractivity contribution in [3.8, 4) is 0 Å². The second kappa shape index (κ2) is 11.7. The van der Waals surface area contributed by atoms with Crippen molar-refractivity contribution in [1.29, 1.82) is 0 Å². The molecule has 0 aliphatic heterocycles. The van der Waals surface area contributed by atoms with E-state index in [9.17, 15) is 35.1 Å². The lowest BCUT2D eigenvalue weighted by Gasteiger charge is -2.24. The highest BCUT2D eigenvalue weighted by atomic mass is 31.1. The molecule has 5 rings (SSSR count). The van der Waals surface area contributed by atoms with Crippen LogP contribution in [-0.4, -0.2) is 0 Å². The first-order chi connectivity index (χ1) is 19.4. The zero-order chi connectivity index (χ0) is 29.4. The molecule has 11 heteroatoms. The van der Waals surface area contributed by atoms with Crippen LogP contribution in [0.15, 0.2) is 91.0 Å². The summed E-state index contributed by atoms with van der Waals surface area (Å²) in [7, 11) is -4.43. The summed E-state index contributed by atoms with van der Waals surface area (Å²) in [6.45, 7) is 0. The first kappa shape index (κ1) is 28.8. The van der Waals surface area contributed by atoms with E-state index in [1.807, 2.05) is 0 Å². The predicted molar refractivity (Wildman–Crippen MR) is 143 cm³/mol. The Balaban J connectivity index is 1.78. The molecule has 0 heterocycles. The van der Waals surface area contributed by atoms with Gasteiger partial charge in [-0.15, -0.1) is 0 Å². The van der Waals surface area contributed by atoms with E-state index >= 15 is 4.39 Å². The Hall–Kier alpha value is -3.67. The van der Waals surface area contributed by atoms with Gasteiger partial charge in [0.25, 0.3) is 0 Å². The van der Waals surface area contributed by atoms with Crippen LogP contribution in [0.25, 0.3) is 0 Å². The lowest BCUT2D eigenvalue weighted by atomic mass is 10.3. The third-order valence-electron chi connectivity index (χ3n) is 5.81. The first-order valence-corrected chi connectivity index (χ1v) is 14.4. The van der Waals surface area contributed by atoms with Gasteiger partial charge in [-0.3, -0.25) is 0 Å². The van der Waals surface area contributed by atoms with Gasteiger partial charge in [0.05, 0.1) is 0 Å². The molecule has 0 atom stereocenters. The molecule has 0 bridgehead atoms. The van der Waals surface area contributed by atoms with Crippen molar-refractivity contribution in [2.24, 2.45) is 0 Å². The third-order valence-corrected chi connectivity index (χ3v) is 10.5. The zero-order valence-electron chi connectivity index (χ0n) is 20.5. The van der Waals surface area contributed by atoms with Crippen LogP contribution in [-0.2, 0) is 0 Å². The minimum absolute atomic E-state index is 0.0197. The molecule has 0 saturated heterocycles. The average Bonchev–Trinajstić information content (AvgIpc) is 2.82. The fourth-order valence-corrected chi connectivity index (χ4v) is 9.34. The molecule has 0 radical (unpaired) electrons. The van der Waals surface area contributed by atoms with E-state index in [2.05, 4.69) is 0 Å². The molecule has 0 amide bonds. The molecule has 5 aromatic carbocycles. The molecule has 41 heavy (non-hydrogen) atoms. The summed E-state index contributed by atoms with van der Waals surface area (Å²) in [6.07, 6.45) is 0. The second-order valence-corrected chi connectivity index (χ2v) is 13.3. The SMILES string of the molecule is Fc1cc(F)cc(P(c2cc(F)cc(F)c2)c2cc(F)cc(P(c3cc(F)cc(F)c3)c3cc(F)cc(F)c3)c2)c1. The zero-order valence-corrected chi connectivity index (χ0v) is 22.2. The van der Waals surface area contributed by atoms with Crippen molar-refractivity contribution < 1.29 is 39.5 Å². The van der Waals surface area contributed by atoms with Crippen LogP contribution in [0.5, 0.6) is 0 Å². The highest BCUT2D eigenvalue weighted by Gasteiger charge is 2.25. The van der Waals surface area contributed by atoms with Crippen molar-refractivity contribution in [1.82, 2.24) is 0 Å². The quantitative estimate of drug-likeness (QED) is 0.154. The highest BCUT2D eigenvalue weighted by molar-refractivity contribution is 7.81. The number of halogens is 9. The summed E-state index contributed by atoms with van der Waals surface area (Å²) < 4.78 is 129. The van der Waals surface area contributed by atoms with E-state index in [-0.39, 0.29) is 31.8 Å². The van der Waals surface area contributed by atoms with E-state index in [0.717, 1.165) is 60.7 Å². The van der Waals surface area contributed by atoms with Crippen LogP contribution in [0.1, 0.15) is 0 Å². The molecule has 0 saturated carbocycles. The van der Waals surface area contributed by atoms with Crippen molar-refractivity contribution in [2.45, 2.75) is 0 Å². The van der Waals surface area contributed by atoms with E-state index in [0.29, 0.717) is 24.3 Å². The lowest BCUT2D eigenvalue weighted by molar-refractivity contribution is 0.584. The van der Waals surface area contributed by atoms with Gasteiger partial charge < -0.3 is 0 Å². The van der Waals surface area contributed by atoms with Gasteiger partial charge in [0.2, 0.25) is 0 Å². The molecule has 0 N–H and O–H groups in total. The minimum atomic E-state index is -2.22. The van der Waals surface area contributed by atoms with Gasteiger partial charge in [-0.1, -0.05) is 0 Å². The first-order valence-electron chi connectivity index (χ1n) is 11.7. The van der Waals surface area contributed by atoms with Gasteiger partial charge in [-0.2, -0.15) is 0 Å². The Kier molecular flexibility index (Phi) is 8.21. The Bertz CT molecular complexity index is 1460. The highest BCUT2D eigenvalue weighted by Crippen LogP contribution is 2.38. The van der Waals surface area contributed by atoms with Crippen LogP contribution >= 0.6 is 15.8 Å². The number of rotatable bonds is 6. The van der Waals surface area contributed by atoms with Crippen LogP contribution in [0.3, 0.4) is 0 Å². The summed E-state index contributed by atoms with van der Waals surface area (Å²) in [6, 6.07) is 13.2. The summed E-state index contributed by atoms with van der Waals surface area (Å²) in [4.78, 5) is 0. The number of hydrogen-bond donors (Lipinski definition) is 0. The van der Waals surface area contributed by atoms with Gasteiger partial charge in [0, 0.05) is 24.3 Å². The van der Waals surface area contributed by atoms with Gasteiger partial charge in [-0.25, -0.2) is 39.5 Å². The molecule has 5 aromatic rings. The maximum absolute atomic E-state index is 15.3. The Morgan fingerprint density at radius 3 is 0.561 bits per heavy atom. The smallest absolute Gasteiger partial charge is 0.126 e.